The summed E-state index contributed by atoms with van der Waals surface area (Å²) in [4.78, 5) is 2.71. The second-order valence-corrected chi connectivity index (χ2v) is 8.01. The van der Waals surface area contributed by atoms with E-state index in [1.807, 2.05) is 23.1 Å². The quantitative estimate of drug-likeness (QED) is 0.612. The van der Waals surface area contributed by atoms with Gasteiger partial charge < -0.3 is 10.0 Å². The summed E-state index contributed by atoms with van der Waals surface area (Å²) in [5.41, 5.74) is 2.43. The molecule has 138 valence electrons. The molecule has 2 heterocycles. The average molecular weight is 387 g/mol. The number of thiophene rings is 1. The van der Waals surface area contributed by atoms with Gasteiger partial charge >= 0.3 is 0 Å². The highest BCUT2D eigenvalue weighted by molar-refractivity contribution is 7.20. The van der Waals surface area contributed by atoms with Crippen molar-refractivity contribution in [1.82, 2.24) is 0 Å². The molecule has 1 unspecified atom stereocenters. The summed E-state index contributed by atoms with van der Waals surface area (Å²) in [7, 11) is 0. The summed E-state index contributed by atoms with van der Waals surface area (Å²) in [6, 6.07) is 11.6. The summed E-state index contributed by atoms with van der Waals surface area (Å²) in [5, 5.41) is 11.7. The Kier molecular flexibility index (Phi) is 3.81. The van der Waals surface area contributed by atoms with E-state index >= 15 is 0 Å². The number of rotatable bonds is 1. The number of aliphatic hydroxyl groups is 1. The highest BCUT2D eigenvalue weighted by atomic mass is 32.1. The molecule has 6 heteroatoms. The van der Waals surface area contributed by atoms with Crippen LogP contribution >= 0.6 is 11.3 Å². The topological polar surface area (TPSA) is 23.5 Å². The standard InChI is InChI=1S/C21H16F3NOS/c22-11-7-8-25(10-11)17-9-15-18-14(5-6-16(23)19(18)24)20(26)12-3-1-2-4-13(12)21(15)27-17/h1-6,9,11,20,26H,7-8,10H2/t11-,20?/m0/s1. The van der Waals surface area contributed by atoms with Gasteiger partial charge in [0.2, 0.25) is 0 Å². The van der Waals surface area contributed by atoms with Crippen molar-refractivity contribution in [3.63, 3.8) is 0 Å². The van der Waals surface area contributed by atoms with E-state index in [1.54, 1.807) is 12.1 Å². The Balaban J connectivity index is 1.80. The first-order valence-corrected chi connectivity index (χ1v) is 9.64. The highest BCUT2D eigenvalue weighted by Gasteiger charge is 2.32. The molecule has 1 aliphatic heterocycles. The SMILES string of the molecule is OC1c2ccccc2-c2sc(N3CC[C@H](F)C3)cc2-c2c1ccc(F)c2F. The number of halogens is 3. The van der Waals surface area contributed by atoms with E-state index in [0.717, 1.165) is 21.5 Å². The Hall–Kier alpha value is -2.31. The number of benzene rings is 2. The van der Waals surface area contributed by atoms with Crippen molar-refractivity contribution in [2.75, 3.05) is 18.0 Å². The maximum absolute atomic E-state index is 14.8. The Morgan fingerprint density at radius 1 is 1.04 bits per heavy atom. The van der Waals surface area contributed by atoms with Crippen LogP contribution in [0.5, 0.6) is 0 Å². The number of anilines is 1. The zero-order chi connectivity index (χ0) is 18.7. The van der Waals surface area contributed by atoms with Gasteiger partial charge in [0.15, 0.2) is 11.6 Å². The zero-order valence-corrected chi connectivity index (χ0v) is 15.1. The second-order valence-electron chi connectivity index (χ2n) is 6.97. The molecule has 0 saturated carbocycles. The Bertz CT molecular complexity index is 1050. The number of fused-ring (bicyclic) bond motifs is 5. The number of aliphatic hydroxyl groups excluding tert-OH is 1. The smallest absolute Gasteiger partial charge is 0.167 e. The molecule has 0 spiro atoms. The van der Waals surface area contributed by atoms with Gasteiger partial charge in [-0.1, -0.05) is 30.3 Å². The van der Waals surface area contributed by atoms with Crippen LogP contribution in [0.2, 0.25) is 0 Å². The van der Waals surface area contributed by atoms with Crippen molar-refractivity contribution in [1.29, 1.82) is 0 Å². The molecule has 1 saturated heterocycles. The predicted molar refractivity (Wildman–Crippen MR) is 101 cm³/mol. The third-order valence-corrected chi connectivity index (χ3v) is 6.58. The molecule has 27 heavy (non-hydrogen) atoms. The Labute approximate surface area is 158 Å². The van der Waals surface area contributed by atoms with Gasteiger partial charge in [-0.25, -0.2) is 13.2 Å². The third-order valence-electron chi connectivity index (χ3n) is 5.35. The van der Waals surface area contributed by atoms with Gasteiger partial charge in [0.25, 0.3) is 0 Å². The molecule has 2 nitrogen and oxygen atoms in total. The van der Waals surface area contributed by atoms with Crippen LogP contribution in [0.1, 0.15) is 23.7 Å². The van der Waals surface area contributed by atoms with E-state index in [-0.39, 0.29) is 5.56 Å². The van der Waals surface area contributed by atoms with Gasteiger partial charge in [0.1, 0.15) is 12.3 Å². The molecule has 1 aromatic heterocycles. The number of alkyl halides is 1. The average Bonchev–Trinajstić information content (AvgIpc) is 3.27. The number of nitrogens with zero attached hydrogens (tertiary/aromatic N) is 1. The Morgan fingerprint density at radius 2 is 1.85 bits per heavy atom. The van der Waals surface area contributed by atoms with Gasteiger partial charge in [-0.15, -0.1) is 11.3 Å². The van der Waals surface area contributed by atoms with Crippen molar-refractivity contribution in [2.24, 2.45) is 0 Å². The van der Waals surface area contributed by atoms with Gasteiger partial charge in [0, 0.05) is 29.1 Å². The van der Waals surface area contributed by atoms with E-state index in [1.165, 1.54) is 17.4 Å². The van der Waals surface area contributed by atoms with Crippen molar-refractivity contribution in [3.8, 4) is 21.6 Å². The summed E-state index contributed by atoms with van der Waals surface area (Å²) in [6.45, 7) is 0.908. The first-order chi connectivity index (χ1) is 13.0. The minimum absolute atomic E-state index is 0.0900. The monoisotopic (exact) mass is 387 g/mol. The van der Waals surface area contributed by atoms with Crippen LogP contribution < -0.4 is 4.90 Å². The van der Waals surface area contributed by atoms with E-state index in [0.29, 0.717) is 36.2 Å². The lowest BCUT2D eigenvalue weighted by molar-refractivity contribution is 0.221. The van der Waals surface area contributed by atoms with Crippen molar-refractivity contribution >= 4 is 16.3 Å². The summed E-state index contributed by atoms with van der Waals surface area (Å²) in [5.74, 6) is -1.91. The number of hydrogen-bond acceptors (Lipinski definition) is 3. The van der Waals surface area contributed by atoms with E-state index in [9.17, 15) is 18.3 Å². The van der Waals surface area contributed by atoms with Crippen LogP contribution in [0.4, 0.5) is 18.2 Å². The fourth-order valence-corrected chi connectivity index (χ4v) is 5.26. The van der Waals surface area contributed by atoms with E-state index in [2.05, 4.69) is 0 Å². The molecule has 1 N–H and O–H groups in total. The summed E-state index contributed by atoms with van der Waals surface area (Å²) < 4.78 is 42.5. The Morgan fingerprint density at radius 3 is 2.63 bits per heavy atom. The lowest BCUT2D eigenvalue weighted by Crippen LogP contribution is -2.18. The molecule has 2 aromatic carbocycles. The van der Waals surface area contributed by atoms with Crippen molar-refractivity contribution in [3.05, 3.63) is 65.2 Å². The molecular formula is C21H16F3NOS. The second kappa shape index (κ2) is 6.11. The zero-order valence-electron chi connectivity index (χ0n) is 14.3. The molecular weight excluding hydrogens is 371 g/mol. The maximum atomic E-state index is 14.8. The molecule has 5 rings (SSSR count). The van der Waals surface area contributed by atoms with E-state index in [4.69, 9.17) is 0 Å². The first-order valence-electron chi connectivity index (χ1n) is 8.83. The van der Waals surface area contributed by atoms with Crippen LogP contribution in [0.3, 0.4) is 0 Å². The molecule has 1 fully saturated rings. The van der Waals surface area contributed by atoms with Gasteiger partial charge in [0.05, 0.1) is 5.00 Å². The third kappa shape index (κ3) is 2.51. The van der Waals surface area contributed by atoms with Gasteiger partial charge in [-0.05, 0) is 35.2 Å². The fourth-order valence-electron chi connectivity index (χ4n) is 4.01. The minimum Gasteiger partial charge on any atom is -0.384 e. The molecule has 0 radical (unpaired) electrons. The largest absolute Gasteiger partial charge is 0.384 e. The van der Waals surface area contributed by atoms with Crippen LogP contribution in [0.15, 0.2) is 42.5 Å². The van der Waals surface area contributed by atoms with Crippen molar-refractivity contribution in [2.45, 2.75) is 18.7 Å². The van der Waals surface area contributed by atoms with Crippen LogP contribution in [0.25, 0.3) is 21.6 Å². The van der Waals surface area contributed by atoms with Gasteiger partial charge in [-0.2, -0.15) is 0 Å². The highest BCUT2D eigenvalue weighted by Crippen LogP contribution is 2.51. The summed E-state index contributed by atoms with van der Waals surface area (Å²) >= 11 is 1.43. The van der Waals surface area contributed by atoms with Crippen LogP contribution in [-0.4, -0.2) is 24.4 Å². The molecule has 0 amide bonds. The lowest BCUT2D eigenvalue weighted by Gasteiger charge is -2.17. The van der Waals surface area contributed by atoms with E-state index < -0.39 is 23.9 Å². The van der Waals surface area contributed by atoms with Crippen molar-refractivity contribution < 1.29 is 18.3 Å². The number of hydrogen-bond donors (Lipinski definition) is 1. The summed E-state index contributed by atoms with van der Waals surface area (Å²) in [6.07, 6.45) is -1.45. The predicted octanol–water partition coefficient (Wildman–Crippen LogP) is 5.30. The fraction of sp³-hybridized carbons (Fsp3) is 0.238. The molecule has 2 aliphatic rings. The molecule has 1 aliphatic carbocycles. The first kappa shape index (κ1) is 16.8. The molecule has 0 bridgehead atoms. The maximum Gasteiger partial charge on any atom is 0.167 e. The van der Waals surface area contributed by atoms with Crippen LogP contribution in [0, 0.1) is 11.6 Å². The molecule has 3 aromatic rings. The molecule has 2 atom stereocenters. The minimum atomic E-state index is -1.05. The van der Waals surface area contributed by atoms with Crippen LogP contribution in [-0.2, 0) is 0 Å². The lowest BCUT2D eigenvalue weighted by atomic mass is 9.95. The normalized spacial score (nSPS) is 20.8. The van der Waals surface area contributed by atoms with Gasteiger partial charge in [-0.3, -0.25) is 0 Å².